The van der Waals surface area contributed by atoms with Crippen LogP contribution < -0.4 is 0 Å². The lowest BCUT2D eigenvalue weighted by molar-refractivity contribution is -0.00534. The molecule has 0 heterocycles. The van der Waals surface area contributed by atoms with E-state index >= 15 is 0 Å². The molecule has 4 heteroatoms. The molecule has 2 fully saturated rings. The molecule has 3 rings (SSSR count). The average Bonchev–Trinajstić information content (AvgIpc) is 2.55. The maximum atomic E-state index is 11.2. The third-order valence-corrected chi connectivity index (χ3v) is 7.06. The van der Waals surface area contributed by atoms with Crippen LogP contribution in [0.5, 0.6) is 17.2 Å². The second-order valence-corrected chi connectivity index (χ2v) is 9.10. The minimum Gasteiger partial charge on any atom is -0.506 e. The molecule has 0 aromatic heterocycles. The van der Waals surface area contributed by atoms with E-state index in [-0.39, 0.29) is 27.9 Å². The molecule has 0 bridgehead atoms. The van der Waals surface area contributed by atoms with Gasteiger partial charge in [-0.05, 0) is 54.4 Å². The number of fused-ring (bicyclic) bond motifs is 1. The Labute approximate surface area is 155 Å². The van der Waals surface area contributed by atoms with E-state index in [1.54, 1.807) is 0 Å². The van der Waals surface area contributed by atoms with Crippen molar-refractivity contribution >= 4 is 12.4 Å². The van der Waals surface area contributed by atoms with E-state index in [4.69, 9.17) is 0 Å². The molecule has 0 spiro atoms. The van der Waals surface area contributed by atoms with Gasteiger partial charge in [-0.1, -0.05) is 45.8 Å². The van der Waals surface area contributed by atoms with E-state index in [0.29, 0.717) is 23.7 Å². The van der Waals surface area contributed by atoms with E-state index in [2.05, 4.69) is 27.7 Å². The Morgan fingerprint density at radius 1 is 1.08 bits per heavy atom. The Bertz CT molecular complexity index is 762. The molecule has 142 valence electrons. The number of allylic oxidation sites excluding steroid dienone is 1. The second-order valence-electron chi connectivity index (χ2n) is 9.10. The smallest absolute Gasteiger partial charge is 0.171 e. The average molecular weight is 358 g/mol. The van der Waals surface area contributed by atoms with Gasteiger partial charge in [0.1, 0.15) is 11.3 Å². The Morgan fingerprint density at radius 2 is 1.77 bits per heavy atom. The van der Waals surface area contributed by atoms with Crippen LogP contribution in [0.25, 0.3) is 6.08 Å². The number of phenolic OH excluding ortho intramolecular Hbond substituents is 3. The van der Waals surface area contributed by atoms with Gasteiger partial charge in [-0.25, -0.2) is 0 Å². The third kappa shape index (κ3) is 2.80. The summed E-state index contributed by atoms with van der Waals surface area (Å²) in [5, 5.41) is 30.2. The van der Waals surface area contributed by atoms with Gasteiger partial charge in [-0.15, -0.1) is 0 Å². The van der Waals surface area contributed by atoms with E-state index in [0.717, 1.165) is 12.8 Å². The van der Waals surface area contributed by atoms with Crippen LogP contribution >= 0.6 is 0 Å². The number of carbonyl (C=O) groups is 1. The van der Waals surface area contributed by atoms with Crippen LogP contribution in [0.3, 0.4) is 0 Å². The number of phenols is 3. The zero-order valence-corrected chi connectivity index (χ0v) is 16.2. The molecule has 0 aliphatic heterocycles. The maximum Gasteiger partial charge on any atom is 0.171 e. The number of aldehydes is 1. The summed E-state index contributed by atoms with van der Waals surface area (Å²) < 4.78 is 0. The zero-order chi connectivity index (χ0) is 19.3. The first-order chi connectivity index (χ1) is 12.1. The van der Waals surface area contributed by atoms with Crippen LogP contribution in [0, 0.1) is 22.7 Å². The topological polar surface area (TPSA) is 77.8 Å². The molecule has 4 nitrogen and oxygen atoms in total. The molecule has 1 aromatic carbocycles. The van der Waals surface area contributed by atoms with Crippen LogP contribution in [-0.4, -0.2) is 21.6 Å². The highest BCUT2D eigenvalue weighted by Crippen LogP contribution is 2.61. The van der Waals surface area contributed by atoms with E-state index in [1.165, 1.54) is 30.9 Å². The fourth-order valence-electron chi connectivity index (χ4n) is 5.70. The Balaban J connectivity index is 2.15. The second kappa shape index (κ2) is 6.33. The largest absolute Gasteiger partial charge is 0.506 e. The summed E-state index contributed by atoms with van der Waals surface area (Å²) in [4.78, 5) is 11.2. The molecule has 2 aliphatic rings. The van der Waals surface area contributed by atoms with E-state index < -0.39 is 5.75 Å². The lowest BCUT2D eigenvalue weighted by atomic mass is 9.48. The molecule has 3 N–H and O–H groups in total. The van der Waals surface area contributed by atoms with Crippen molar-refractivity contribution in [3.63, 3.8) is 0 Å². The molecular weight excluding hydrogens is 328 g/mol. The predicted molar refractivity (Wildman–Crippen MR) is 102 cm³/mol. The summed E-state index contributed by atoms with van der Waals surface area (Å²) in [6.45, 7) is 9.26. The van der Waals surface area contributed by atoms with Crippen LogP contribution in [0.2, 0.25) is 0 Å². The fraction of sp³-hybridized carbons (Fsp3) is 0.591. The molecule has 0 unspecified atom stereocenters. The number of rotatable bonds is 2. The summed E-state index contributed by atoms with van der Waals surface area (Å²) in [5.74, 6) is -0.273. The predicted octanol–water partition coefficient (Wildman–Crippen LogP) is 5.26. The van der Waals surface area contributed by atoms with Crippen molar-refractivity contribution < 1.29 is 20.1 Å². The monoisotopic (exact) mass is 358 g/mol. The maximum absolute atomic E-state index is 11.2. The van der Waals surface area contributed by atoms with Gasteiger partial charge in [-0.3, -0.25) is 4.79 Å². The molecule has 26 heavy (non-hydrogen) atoms. The third-order valence-electron chi connectivity index (χ3n) is 7.06. The van der Waals surface area contributed by atoms with Crippen LogP contribution in [0.15, 0.2) is 11.6 Å². The van der Waals surface area contributed by atoms with Crippen LogP contribution in [0.4, 0.5) is 0 Å². The van der Waals surface area contributed by atoms with Gasteiger partial charge in [0, 0.05) is 5.56 Å². The molecule has 2 aliphatic carbocycles. The summed E-state index contributed by atoms with van der Waals surface area (Å²) >= 11 is 0. The highest BCUT2D eigenvalue weighted by molar-refractivity contribution is 5.88. The van der Waals surface area contributed by atoms with Gasteiger partial charge in [0.25, 0.3) is 0 Å². The number of carbonyl (C=O) groups excluding carboxylic acids is 1. The summed E-state index contributed by atoms with van der Waals surface area (Å²) in [6.07, 6.45) is 8.15. The molecule has 2 saturated carbocycles. The summed E-state index contributed by atoms with van der Waals surface area (Å²) in [7, 11) is 0. The van der Waals surface area contributed by atoms with Crippen molar-refractivity contribution in [1.29, 1.82) is 0 Å². The SMILES string of the molecule is C[C@@H]1CC[C@H]2C(C)(C)CCC[C@]2(C)/C1=C/c1cc(O)c(O)c(C=O)c1O. The first-order valence-electron chi connectivity index (χ1n) is 9.57. The standard InChI is InChI=1S/C22H30O4/c1-13-6-7-18-21(2,3)8-5-9-22(18,4)16(13)10-14-11-17(24)20(26)15(12-23)19(14)25/h10-13,18,24-26H,5-9H2,1-4H3/b16-10+/t13-,18+,22-/m1/s1. The van der Waals surface area contributed by atoms with Crippen molar-refractivity contribution in [1.82, 2.24) is 0 Å². The van der Waals surface area contributed by atoms with Crippen molar-refractivity contribution in [3.8, 4) is 17.2 Å². The molecule has 0 amide bonds. The van der Waals surface area contributed by atoms with Crippen LogP contribution in [-0.2, 0) is 0 Å². The van der Waals surface area contributed by atoms with Gasteiger partial charge in [-0.2, -0.15) is 0 Å². The van der Waals surface area contributed by atoms with Gasteiger partial charge in [0.2, 0.25) is 0 Å². The van der Waals surface area contributed by atoms with Gasteiger partial charge in [0.05, 0.1) is 0 Å². The lowest BCUT2D eigenvalue weighted by Gasteiger charge is -2.56. The molecule has 1 aromatic rings. The number of hydrogen-bond acceptors (Lipinski definition) is 4. The summed E-state index contributed by atoms with van der Waals surface area (Å²) in [6, 6.07) is 1.35. The van der Waals surface area contributed by atoms with Crippen molar-refractivity contribution in [2.24, 2.45) is 22.7 Å². The van der Waals surface area contributed by atoms with Gasteiger partial charge < -0.3 is 15.3 Å². The lowest BCUT2D eigenvalue weighted by Crippen LogP contribution is -2.47. The van der Waals surface area contributed by atoms with Crippen molar-refractivity contribution in [2.75, 3.05) is 0 Å². The minimum atomic E-state index is -0.570. The van der Waals surface area contributed by atoms with Crippen LogP contribution in [0.1, 0.15) is 75.7 Å². The van der Waals surface area contributed by atoms with Gasteiger partial charge in [0.15, 0.2) is 17.8 Å². The van der Waals surface area contributed by atoms with E-state index in [1.807, 2.05) is 6.08 Å². The molecule has 0 saturated heterocycles. The Morgan fingerprint density at radius 3 is 2.42 bits per heavy atom. The van der Waals surface area contributed by atoms with Crippen molar-refractivity contribution in [3.05, 3.63) is 22.8 Å². The number of aromatic hydroxyl groups is 3. The first-order valence-corrected chi connectivity index (χ1v) is 9.57. The highest BCUT2D eigenvalue weighted by atomic mass is 16.3. The first kappa shape index (κ1) is 18.8. The fourth-order valence-corrected chi connectivity index (χ4v) is 5.70. The van der Waals surface area contributed by atoms with E-state index in [9.17, 15) is 20.1 Å². The Hall–Kier alpha value is -1.97. The normalized spacial score (nSPS) is 32.2. The number of benzene rings is 1. The van der Waals surface area contributed by atoms with Crippen molar-refractivity contribution in [2.45, 2.75) is 59.8 Å². The quantitative estimate of drug-likeness (QED) is 0.383. The molecule has 3 atom stereocenters. The number of hydrogen-bond donors (Lipinski definition) is 3. The zero-order valence-electron chi connectivity index (χ0n) is 16.2. The summed E-state index contributed by atoms with van der Waals surface area (Å²) in [5.41, 5.74) is 1.74. The Kier molecular flexibility index (Phi) is 4.58. The molecule has 0 radical (unpaired) electrons. The minimum absolute atomic E-state index is 0.0424. The highest BCUT2D eigenvalue weighted by Gasteiger charge is 2.51. The molecular formula is C22H30O4. The van der Waals surface area contributed by atoms with Gasteiger partial charge >= 0.3 is 0 Å².